The van der Waals surface area contributed by atoms with Gasteiger partial charge in [0, 0.05) is 50.1 Å². The molecular weight excluding hydrogens is 248 g/mol. The molecule has 1 aromatic rings. The number of hydrogen-bond donors (Lipinski definition) is 2. The van der Waals surface area contributed by atoms with Crippen LogP contribution in [0.1, 0.15) is 27.3 Å². The van der Waals surface area contributed by atoms with E-state index in [2.05, 4.69) is 22.5 Å². The summed E-state index contributed by atoms with van der Waals surface area (Å²) in [5.74, 6) is 0.101. The van der Waals surface area contributed by atoms with E-state index in [1.165, 1.54) is 4.88 Å². The molecule has 2 aliphatic rings. The van der Waals surface area contributed by atoms with Gasteiger partial charge in [-0.3, -0.25) is 4.79 Å². The molecule has 5 nitrogen and oxygen atoms in total. The number of amides is 1. The third-order valence-corrected chi connectivity index (χ3v) is 4.56. The average molecular weight is 266 g/mol. The third-order valence-electron chi connectivity index (χ3n) is 3.48. The van der Waals surface area contributed by atoms with E-state index < -0.39 is 0 Å². The molecule has 18 heavy (non-hydrogen) atoms. The van der Waals surface area contributed by atoms with Crippen molar-refractivity contribution in [1.29, 1.82) is 0 Å². The highest BCUT2D eigenvalue weighted by Gasteiger charge is 2.25. The number of nitrogens with one attached hydrogen (secondary N) is 2. The van der Waals surface area contributed by atoms with Crippen molar-refractivity contribution in [3.05, 3.63) is 15.6 Å². The molecule has 1 fully saturated rings. The molecule has 1 unspecified atom stereocenters. The Morgan fingerprint density at radius 3 is 3.00 bits per heavy atom. The van der Waals surface area contributed by atoms with E-state index >= 15 is 0 Å². The van der Waals surface area contributed by atoms with Gasteiger partial charge in [0.05, 0.1) is 5.69 Å². The molecule has 2 N–H and O–H groups in total. The summed E-state index contributed by atoms with van der Waals surface area (Å²) in [6.07, 6.45) is 0.931. The van der Waals surface area contributed by atoms with Crippen LogP contribution in [0.15, 0.2) is 0 Å². The summed E-state index contributed by atoms with van der Waals surface area (Å²) in [7, 11) is 0. The first-order valence-electron chi connectivity index (χ1n) is 6.46. The molecule has 1 aromatic heterocycles. The number of nitrogens with zero attached hydrogens (tertiary/aromatic N) is 2. The van der Waals surface area contributed by atoms with Crippen LogP contribution in [0.25, 0.3) is 0 Å². The van der Waals surface area contributed by atoms with Gasteiger partial charge in [-0.15, -0.1) is 11.3 Å². The van der Waals surface area contributed by atoms with Crippen LogP contribution in [0.5, 0.6) is 0 Å². The monoisotopic (exact) mass is 266 g/mol. The van der Waals surface area contributed by atoms with Crippen LogP contribution < -0.4 is 10.6 Å². The summed E-state index contributed by atoms with van der Waals surface area (Å²) in [6.45, 7) is 6.35. The van der Waals surface area contributed by atoms with E-state index in [0.717, 1.165) is 44.8 Å². The first kappa shape index (κ1) is 12.1. The summed E-state index contributed by atoms with van der Waals surface area (Å²) in [5.41, 5.74) is 1.12. The molecule has 0 aliphatic carbocycles. The van der Waals surface area contributed by atoms with E-state index in [9.17, 15) is 4.79 Å². The van der Waals surface area contributed by atoms with E-state index in [0.29, 0.717) is 11.0 Å². The second-order valence-electron chi connectivity index (χ2n) is 4.92. The second kappa shape index (κ2) is 4.95. The van der Waals surface area contributed by atoms with Crippen molar-refractivity contribution in [3.63, 3.8) is 0 Å². The molecule has 6 heteroatoms. The van der Waals surface area contributed by atoms with E-state index in [1.54, 1.807) is 11.3 Å². The van der Waals surface area contributed by atoms with Gasteiger partial charge in [-0.25, -0.2) is 4.98 Å². The largest absolute Gasteiger partial charge is 0.334 e. The van der Waals surface area contributed by atoms with Crippen LogP contribution in [0.3, 0.4) is 0 Å². The predicted octanol–water partition coefficient (Wildman–Crippen LogP) is 0.223. The minimum absolute atomic E-state index is 0.101. The number of thiazole rings is 1. The average Bonchev–Trinajstić information content (AvgIpc) is 2.81. The lowest BCUT2D eigenvalue weighted by atomic mass is 10.1. The summed E-state index contributed by atoms with van der Waals surface area (Å²) < 4.78 is 0. The Kier molecular flexibility index (Phi) is 3.32. The van der Waals surface area contributed by atoms with E-state index in [1.807, 2.05) is 4.90 Å². The van der Waals surface area contributed by atoms with Gasteiger partial charge in [0.15, 0.2) is 5.01 Å². The fourth-order valence-corrected chi connectivity index (χ4v) is 3.41. The molecule has 1 saturated heterocycles. The molecule has 0 spiro atoms. The Hall–Kier alpha value is -0.980. The molecule has 1 amide bonds. The highest BCUT2D eigenvalue weighted by molar-refractivity contribution is 7.13. The Balaban J connectivity index is 1.78. The Morgan fingerprint density at radius 1 is 1.44 bits per heavy atom. The molecule has 2 aliphatic heterocycles. The van der Waals surface area contributed by atoms with Crippen LogP contribution in [0, 0.1) is 0 Å². The van der Waals surface area contributed by atoms with Crippen LogP contribution in [-0.4, -0.2) is 48.0 Å². The minimum atomic E-state index is 0.101. The standard InChI is InChI=1S/C12H18N4OS/c1-8-6-9-10(7-14-8)18-11(15-9)12(17)16-4-2-13-3-5-16/h8,13-14H,2-7H2,1H3. The van der Waals surface area contributed by atoms with Crippen molar-refractivity contribution in [2.45, 2.75) is 25.9 Å². The first-order chi connectivity index (χ1) is 8.74. The Labute approximate surface area is 111 Å². The lowest BCUT2D eigenvalue weighted by Crippen LogP contribution is -2.46. The third kappa shape index (κ3) is 2.28. The maximum absolute atomic E-state index is 12.3. The SMILES string of the molecule is CC1Cc2nc(C(=O)N3CCNCC3)sc2CN1. The van der Waals surface area contributed by atoms with Crippen LogP contribution in [-0.2, 0) is 13.0 Å². The molecule has 0 radical (unpaired) electrons. The first-order valence-corrected chi connectivity index (χ1v) is 7.27. The minimum Gasteiger partial charge on any atom is -0.334 e. The number of carbonyl (C=O) groups is 1. The Bertz CT molecular complexity index is 453. The number of carbonyl (C=O) groups excluding carboxylic acids is 1. The molecule has 98 valence electrons. The molecule has 0 bridgehead atoms. The summed E-state index contributed by atoms with van der Waals surface area (Å²) in [4.78, 5) is 20.0. The maximum atomic E-state index is 12.3. The van der Waals surface area contributed by atoms with Gasteiger partial charge >= 0.3 is 0 Å². The zero-order chi connectivity index (χ0) is 12.5. The summed E-state index contributed by atoms with van der Waals surface area (Å²) in [5, 5.41) is 7.32. The predicted molar refractivity (Wildman–Crippen MR) is 70.9 cm³/mol. The van der Waals surface area contributed by atoms with Crippen molar-refractivity contribution in [1.82, 2.24) is 20.5 Å². The number of aromatic nitrogens is 1. The fourth-order valence-electron chi connectivity index (χ4n) is 2.40. The maximum Gasteiger partial charge on any atom is 0.282 e. The molecule has 0 aromatic carbocycles. The lowest BCUT2D eigenvalue weighted by Gasteiger charge is -2.26. The molecular formula is C12H18N4OS. The van der Waals surface area contributed by atoms with Crippen LogP contribution >= 0.6 is 11.3 Å². The fraction of sp³-hybridized carbons (Fsp3) is 0.667. The van der Waals surface area contributed by atoms with Gasteiger partial charge < -0.3 is 15.5 Å². The lowest BCUT2D eigenvalue weighted by molar-refractivity contribution is 0.0735. The second-order valence-corrected chi connectivity index (χ2v) is 6.00. The normalized spacial score (nSPS) is 23.8. The topological polar surface area (TPSA) is 57.3 Å². The van der Waals surface area contributed by atoms with Gasteiger partial charge in [-0.1, -0.05) is 0 Å². The zero-order valence-electron chi connectivity index (χ0n) is 10.5. The summed E-state index contributed by atoms with van der Waals surface area (Å²) >= 11 is 1.55. The molecule has 3 heterocycles. The molecule has 1 atom stereocenters. The molecule has 0 saturated carbocycles. The number of rotatable bonds is 1. The number of hydrogen-bond acceptors (Lipinski definition) is 5. The van der Waals surface area contributed by atoms with Gasteiger partial charge in [-0.2, -0.15) is 0 Å². The van der Waals surface area contributed by atoms with Gasteiger partial charge in [0.2, 0.25) is 0 Å². The van der Waals surface area contributed by atoms with Crippen LogP contribution in [0.2, 0.25) is 0 Å². The van der Waals surface area contributed by atoms with Crippen molar-refractivity contribution in [3.8, 4) is 0 Å². The number of fused-ring (bicyclic) bond motifs is 1. The van der Waals surface area contributed by atoms with Crippen molar-refractivity contribution in [2.24, 2.45) is 0 Å². The van der Waals surface area contributed by atoms with Gasteiger partial charge in [-0.05, 0) is 6.92 Å². The van der Waals surface area contributed by atoms with Gasteiger partial charge in [0.25, 0.3) is 5.91 Å². The summed E-state index contributed by atoms with van der Waals surface area (Å²) in [6, 6.07) is 0.460. The molecule has 3 rings (SSSR count). The highest BCUT2D eigenvalue weighted by Crippen LogP contribution is 2.24. The van der Waals surface area contributed by atoms with Crippen molar-refractivity contribution in [2.75, 3.05) is 26.2 Å². The van der Waals surface area contributed by atoms with E-state index in [4.69, 9.17) is 0 Å². The Morgan fingerprint density at radius 2 is 2.22 bits per heavy atom. The van der Waals surface area contributed by atoms with Crippen molar-refractivity contribution < 1.29 is 4.79 Å². The van der Waals surface area contributed by atoms with Gasteiger partial charge in [0.1, 0.15) is 0 Å². The van der Waals surface area contributed by atoms with Crippen LogP contribution in [0.4, 0.5) is 0 Å². The van der Waals surface area contributed by atoms with E-state index in [-0.39, 0.29) is 5.91 Å². The van der Waals surface area contributed by atoms with Crippen molar-refractivity contribution >= 4 is 17.2 Å². The quantitative estimate of drug-likeness (QED) is 0.763. The number of piperazine rings is 1. The zero-order valence-corrected chi connectivity index (χ0v) is 11.3. The smallest absolute Gasteiger partial charge is 0.282 e. The highest BCUT2D eigenvalue weighted by atomic mass is 32.1.